The van der Waals surface area contributed by atoms with Gasteiger partial charge in [0.15, 0.2) is 0 Å². The Kier molecular flexibility index (Phi) is 3.32. The lowest BCUT2D eigenvalue weighted by molar-refractivity contribution is -0.153. The molecule has 0 amide bonds. The number of hydrogen-bond acceptors (Lipinski definition) is 2. The lowest BCUT2D eigenvalue weighted by Crippen LogP contribution is -2.56. The largest absolute Gasteiger partial charge is 0.393 e. The molecule has 2 heteroatoms. The molecule has 0 aromatic carbocycles. The summed E-state index contributed by atoms with van der Waals surface area (Å²) >= 11 is 0. The van der Waals surface area contributed by atoms with Crippen molar-refractivity contribution in [2.24, 2.45) is 34.5 Å². The lowest BCUT2D eigenvalue weighted by Gasteiger charge is -2.61. The van der Waals surface area contributed by atoms with Crippen LogP contribution in [0.25, 0.3) is 0 Å². The van der Waals surface area contributed by atoms with E-state index in [-0.39, 0.29) is 11.5 Å². The average Bonchev–Trinajstić information content (AvgIpc) is 2.70. The molecule has 0 unspecified atom stereocenters. The van der Waals surface area contributed by atoms with Crippen LogP contribution in [-0.2, 0) is 0 Å². The maximum atomic E-state index is 10.9. The van der Waals surface area contributed by atoms with Crippen LogP contribution in [0.3, 0.4) is 0 Å². The summed E-state index contributed by atoms with van der Waals surface area (Å²) in [4.78, 5) is 0. The molecule has 4 rings (SSSR count). The zero-order valence-electron chi connectivity index (χ0n) is 14.6. The lowest BCUT2D eigenvalue weighted by atomic mass is 9.44. The van der Waals surface area contributed by atoms with E-state index in [9.17, 15) is 10.2 Å². The average molecular weight is 306 g/mol. The van der Waals surface area contributed by atoms with E-state index in [0.29, 0.717) is 5.41 Å². The Morgan fingerprint density at radius 1 is 0.818 bits per heavy atom. The van der Waals surface area contributed by atoms with E-state index in [1.807, 2.05) is 0 Å². The third kappa shape index (κ3) is 1.86. The summed E-state index contributed by atoms with van der Waals surface area (Å²) in [5.41, 5.74) is 0.145. The van der Waals surface area contributed by atoms with Crippen LogP contribution in [0.5, 0.6) is 0 Å². The van der Waals surface area contributed by atoms with E-state index in [1.165, 1.54) is 38.5 Å². The van der Waals surface area contributed by atoms with Crippen molar-refractivity contribution in [3.8, 4) is 0 Å². The second-order valence-electron chi connectivity index (χ2n) is 9.85. The van der Waals surface area contributed by atoms with Crippen LogP contribution in [0.1, 0.15) is 78.6 Å². The summed E-state index contributed by atoms with van der Waals surface area (Å²) in [7, 11) is 0. The number of fused-ring (bicyclic) bond motifs is 5. The van der Waals surface area contributed by atoms with Gasteiger partial charge < -0.3 is 10.2 Å². The van der Waals surface area contributed by atoms with Crippen LogP contribution in [0.15, 0.2) is 0 Å². The van der Waals surface area contributed by atoms with E-state index < -0.39 is 5.60 Å². The fraction of sp³-hybridized carbons (Fsp3) is 1.00. The van der Waals surface area contributed by atoms with Gasteiger partial charge in [0.2, 0.25) is 0 Å². The highest BCUT2D eigenvalue weighted by molar-refractivity contribution is 5.12. The van der Waals surface area contributed by atoms with Crippen molar-refractivity contribution in [2.75, 3.05) is 0 Å². The molecule has 0 aromatic heterocycles. The molecule has 4 aliphatic rings. The van der Waals surface area contributed by atoms with Gasteiger partial charge in [-0.25, -0.2) is 0 Å². The van der Waals surface area contributed by atoms with Crippen molar-refractivity contribution >= 4 is 0 Å². The Labute approximate surface area is 135 Å². The zero-order valence-corrected chi connectivity index (χ0v) is 14.6. The van der Waals surface area contributed by atoms with Crippen LogP contribution in [0.2, 0.25) is 0 Å². The Bertz CT molecular complexity index is 459. The molecule has 0 heterocycles. The van der Waals surface area contributed by atoms with Crippen LogP contribution in [-0.4, -0.2) is 21.9 Å². The summed E-state index contributed by atoms with van der Waals surface area (Å²) in [6, 6.07) is 0. The summed E-state index contributed by atoms with van der Waals surface area (Å²) in [5, 5.41) is 21.0. The zero-order chi connectivity index (χ0) is 15.8. The minimum absolute atomic E-state index is 0.0457. The minimum Gasteiger partial charge on any atom is -0.393 e. The highest BCUT2D eigenvalue weighted by Crippen LogP contribution is 2.68. The summed E-state index contributed by atoms with van der Waals surface area (Å²) in [6.07, 6.45) is 10.6. The third-order valence-corrected chi connectivity index (χ3v) is 9.20. The minimum atomic E-state index is -0.455. The van der Waals surface area contributed by atoms with Crippen molar-refractivity contribution in [1.82, 2.24) is 0 Å². The van der Waals surface area contributed by atoms with E-state index in [0.717, 1.165) is 42.9 Å². The van der Waals surface area contributed by atoms with Gasteiger partial charge in [0.05, 0.1) is 11.7 Å². The van der Waals surface area contributed by atoms with Gasteiger partial charge in [-0.05, 0) is 99.2 Å². The van der Waals surface area contributed by atoms with Crippen LogP contribution in [0, 0.1) is 34.5 Å². The Morgan fingerprint density at radius 3 is 2.32 bits per heavy atom. The fourth-order valence-electron chi connectivity index (χ4n) is 7.48. The third-order valence-electron chi connectivity index (χ3n) is 9.20. The van der Waals surface area contributed by atoms with E-state index in [4.69, 9.17) is 0 Å². The van der Waals surface area contributed by atoms with Gasteiger partial charge in [-0.15, -0.1) is 0 Å². The first-order valence-electron chi connectivity index (χ1n) is 9.68. The smallest absolute Gasteiger partial charge is 0.0675 e. The molecule has 2 N–H and O–H groups in total. The second kappa shape index (κ2) is 4.72. The highest BCUT2D eigenvalue weighted by Gasteiger charge is 2.63. The molecule has 4 aliphatic carbocycles. The van der Waals surface area contributed by atoms with Gasteiger partial charge in [-0.2, -0.15) is 0 Å². The number of aliphatic hydroxyl groups excluding tert-OH is 1. The van der Waals surface area contributed by atoms with E-state index in [1.54, 1.807) is 0 Å². The maximum Gasteiger partial charge on any atom is 0.0675 e. The van der Waals surface area contributed by atoms with E-state index >= 15 is 0 Å². The fourth-order valence-corrected chi connectivity index (χ4v) is 7.48. The van der Waals surface area contributed by atoms with Gasteiger partial charge in [-0.1, -0.05) is 13.8 Å². The summed E-state index contributed by atoms with van der Waals surface area (Å²) in [6.45, 7) is 7.01. The molecule has 4 saturated carbocycles. The Balaban J connectivity index is 1.64. The number of aliphatic hydroxyl groups is 2. The molecule has 2 nitrogen and oxygen atoms in total. The molecule has 0 radical (unpaired) electrons. The van der Waals surface area contributed by atoms with Gasteiger partial charge in [-0.3, -0.25) is 0 Å². The normalized spacial score (nSPS) is 61.2. The van der Waals surface area contributed by atoms with Crippen molar-refractivity contribution < 1.29 is 10.2 Å². The first-order valence-corrected chi connectivity index (χ1v) is 9.68. The number of hydrogen-bond donors (Lipinski definition) is 2. The van der Waals surface area contributed by atoms with Crippen molar-refractivity contribution in [3.05, 3.63) is 0 Å². The topological polar surface area (TPSA) is 40.5 Å². The molecule has 0 saturated heterocycles. The summed E-state index contributed by atoms with van der Waals surface area (Å²) in [5.74, 6) is 3.13. The highest BCUT2D eigenvalue weighted by atomic mass is 16.3. The monoisotopic (exact) mass is 306 g/mol. The first kappa shape index (κ1) is 15.4. The van der Waals surface area contributed by atoms with Crippen LogP contribution < -0.4 is 0 Å². The van der Waals surface area contributed by atoms with Crippen LogP contribution in [0.4, 0.5) is 0 Å². The molecule has 4 fully saturated rings. The molecular formula is C20H34O2. The molecule has 0 bridgehead atoms. The Morgan fingerprint density at radius 2 is 1.55 bits per heavy atom. The van der Waals surface area contributed by atoms with Gasteiger partial charge in [0, 0.05) is 0 Å². The van der Waals surface area contributed by atoms with Crippen LogP contribution >= 0.6 is 0 Å². The molecule has 22 heavy (non-hydrogen) atoms. The number of rotatable bonds is 0. The molecule has 0 aliphatic heterocycles. The van der Waals surface area contributed by atoms with E-state index in [2.05, 4.69) is 20.8 Å². The predicted octanol–water partition coefficient (Wildman–Crippen LogP) is 4.14. The van der Waals surface area contributed by atoms with Crippen molar-refractivity contribution in [2.45, 2.75) is 90.3 Å². The second-order valence-corrected chi connectivity index (χ2v) is 9.85. The molecular weight excluding hydrogens is 272 g/mol. The molecule has 126 valence electrons. The van der Waals surface area contributed by atoms with Gasteiger partial charge in [0.25, 0.3) is 0 Å². The summed E-state index contributed by atoms with van der Waals surface area (Å²) < 4.78 is 0. The van der Waals surface area contributed by atoms with Gasteiger partial charge >= 0.3 is 0 Å². The molecule has 0 aromatic rings. The van der Waals surface area contributed by atoms with Crippen molar-refractivity contribution in [1.29, 1.82) is 0 Å². The standard InChI is InChI=1S/C20H34O2/c1-18-9-6-14(21)12-13(18)4-5-15-16(18)7-10-19(2)17(15)8-11-20(19,3)22/h13-17,21-22H,4-12H2,1-3H3/t13-,14-,15+,16+,17+,18+,19+,20+/m1/s1. The predicted molar refractivity (Wildman–Crippen MR) is 88.4 cm³/mol. The SMILES string of the molecule is C[C@]12CC[C@@H](O)C[C@H]1CC[C@H]1[C@@H]2CC[C@@]2(C)[C@H]1CC[C@]2(C)O. The Hall–Kier alpha value is -0.0800. The van der Waals surface area contributed by atoms with Gasteiger partial charge in [0.1, 0.15) is 0 Å². The van der Waals surface area contributed by atoms with Crippen molar-refractivity contribution in [3.63, 3.8) is 0 Å². The molecule has 0 spiro atoms. The first-order chi connectivity index (χ1) is 10.3. The molecule has 8 atom stereocenters. The maximum absolute atomic E-state index is 10.9. The quantitative estimate of drug-likeness (QED) is 0.706.